The molecule has 0 saturated heterocycles. The Bertz CT molecular complexity index is 1190. The minimum absolute atomic E-state index is 0.142. The van der Waals surface area contributed by atoms with Crippen molar-refractivity contribution in [1.82, 2.24) is 5.32 Å². The van der Waals surface area contributed by atoms with Crippen LogP contribution < -0.4 is 10.2 Å². The number of nitriles is 1. The number of para-hydroxylation sites is 1. The number of aryl methyl sites for hydroxylation is 1. The molecule has 0 unspecified atom stereocenters. The smallest absolute Gasteiger partial charge is 0.263 e. The SMILES string of the molecule is Cc1cc2c(s1)/C(=C(/C#N)NC(C)(C)C)N(c1ccccc1)C(=O)c1ccccc1-2. The molecule has 0 radical (unpaired) electrons. The summed E-state index contributed by atoms with van der Waals surface area (Å²) < 4.78 is 0. The van der Waals surface area contributed by atoms with E-state index < -0.39 is 0 Å². The number of fused-ring (bicyclic) bond motifs is 3. The van der Waals surface area contributed by atoms with E-state index in [1.807, 2.05) is 75.4 Å². The fourth-order valence-corrected chi connectivity index (χ4v) is 4.75. The number of nitrogens with one attached hydrogen (secondary N) is 1. The Morgan fingerprint density at radius 1 is 1.00 bits per heavy atom. The fourth-order valence-electron chi connectivity index (χ4n) is 3.68. The van der Waals surface area contributed by atoms with Crippen LogP contribution in [0.1, 0.15) is 40.9 Å². The summed E-state index contributed by atoms with van der Waals surface area (Å²) in [6, 6.07) is 21.6. The molecule has 2 heterocycles. The maximum Gasteiger partial charge on any atom is 0.263 e. The zero-order valence-electron chi connectivity index (χ0n) is 17.5. The Labute approximate surface area is 181 Å². The lowest BCUT2D eigenvalue weighted by molar-refractivity contribution is 0.100. The summed E-state index contributed by atoms with van der Waals surface area (Å²) in [5.74, 6) is -0.142. The third-order valence-electron chi connectivity index (χ3n) is 4.81. The topological polar surface area (TPSA) is 56.1 Å². The van der Waals surface area contributed by atoms with E-state index in [0.29, 0.717) is 17.0 Å². The molecule has 1 aliphatic heterocycles. The number of amides is 1. The standard InChI is InChI=1S/C25H23N3OS/c1-16-14-20-18-12-8-9-13-19(18)24(29)28(17-10-6-5-7-11-17)22(23(20)30-16)21(15-26)27-25(2,3)4/h5-14,27H,1-4H3/b22-21+. The molecule has 0 bridgehead atoms. The minimum atomic E-state index is -0.338. The number of hydrogen-bond acceptors (Lipinski definition) is 4. The lowest BCUT2D eigenvalue weighted by Crippen LogP contribution is -2.38. The predicted molar refractivity (Wildman–Crippen MR) is 123 cm³/mol. The molecule has 0 saturated carbocycles. The van der Waals surface area contributed by atoms with Gasteiger partial charge in [0.05, 0.1) is 4.88 Å². The van der Waals surface area contributed by atoms with Crippen molar-refractivity contribution < 1.29 is 4.79 Å². The van der Waals surface area contributed by atoms with Crippen molar-refractivity contribution in [2.75, 3.05) is 4.90 Å². The van der Waals surface area contributed by atoms with Crippen LogP contribution in [0.25, 0.3) is 16.8 Å². The molecule has 150 valence electrons. The van der Waals surface area contributed by atoms with Gasteiger partial charge in [-0.2, -0.15) is 5.26 Å². The normalized spacial score (nSPS) is 15.0. The fraction of sp³-hybridized carbons (Fsp3) is 0.200. The average molecular weight is 414 g/mol. The van der Waals surface area contributed by atoms with Crippen molar-refractivity contribution in [3.63, 3.8) is 0 Å². The summed E-state index contributed by atoms with van der Waals surface area (Å²) in [6.07, 6.45) is 0. The van der Waals surface area contributed by atoms with Crippen LogP contribution >= 0.6 is 11.3 Å². The first-order valence-corrected chi connectivity index (χ1v) is 10.6. The highest BCUT2D eigenvalue weighted by atomic mass is 32.1. The summed E-state index contributed by atoms with van der Waals surface area (Å²) >= 11 is 1.60. The van der Waals surface area contributed by atoms with Crippen LogP contribution in [0, 0.1) is 18.3 Å². The first-order chi connectivity index (χ1) is 14.3. The lowest BCUT2D eigenvalue weighted by atomic mass is 10.00. The Kier molecular flexibility index (Phi) is 4.97. The van der Waals surface area contributed by atoms with Gasteiger partial charge in [0, 0.05) is 27.2 Å². The summed E-state index contributed by atoms with van der Waals surface area (Å²) in [5.41, 5.74) is 3.89. The molecule has 30 heavy (non-hydrogen) atoms. The Hall–Kier alpha value is -3.36. The maximum absolute atomic E-state index is 13.8. The maximum atomic E-state index is 13.8. The van der Waals surface area contributed by atoms with Gasteiger partial charge >= 0.3 is 0 Å². The molecule has 0 atom stereocenters. The van der Waals surface area contributed by atoms with Crippen LogP contribution in [-0.2, 0) is 0 Å². The molecule has 0 aliphatic carbocycles. The van der Waals surface area contributed by atoms with E-state index in [2.05, 4.69) is 24.4 Å². The second kappa shape index (κ2) is 7.47. The quantitative estimate of drug-likeness (QED) is 0.527. The van der Waals surface area contributed by atoms with Crippen LogP contribution in [0.2, 0.25) is 0 Å². The molecule has 1 amide bonds. The summed E-state index contributed by atoms with van der Waals surface area (Å²) in [6.45, 7) is 8.07. The van der Waals surface area contributed by atoms with E-state index in [1.165, 1.54) is 0 Å². The van der Waals surface area contributed by atoms with Crippen LogP contribution in [0.15, 0.2) is 66.4 Å². The number of benzene rings is 2. The van der Waals surface area contributed by atoms with E-state index in [0.717, 1.165) is 26.6 Å². The molecular formula is C25H23N3OS. The molecule has 1 N–H and O–H groups in total. The first kappa shape index (κ1) is 19.9. The molecule has 2 aromatic carbocycles. The van der Waals surface area contributed by atoms with Gasteiger partial charge in [-0.15, -0.1) is 11.3 Å². The van der Waals surface area contributed by atoms with Crippen molar-refractivity contribution >= 4 is 28.6 Å². The van der Waals surface area contributed by atoms with Crippen LogP contribution in [-0.4, -0.2) is 11.4 Å². The highest BCUT2D eigenvalue weighted by Crippen LogP contribution is 2.45. The van der Waals surface area contributed by atoms with Gasteiger partial charge in [0.2, 0.25) is 0 Å². The van der Waals surface area contributed by atoms with E-state index in [-0.39, 0.29) is 11.4 Å². The van der Waals surface area contributed by atoms with E-state index >= 15 is 0 Å². The summed E-state index contributed by atoms with van der Waals surface area (Å²) in [7, 11) is 0. The number of rotatable bonds is 2. The first-order valence-electron chi connectivity index (χ1n) is 9.82. The van der Waals surface area contributed by atoms with Gasteiger partial charge in [0.15, 0.2) is 0 Å². The number of carbonyl (C=O) groups excluding carboxylic acids is 1. The Balaban J connectivity index is 2.12. The summed E-state index contributed by atoms with van der Waals surface area (Å²) in [4.78, 5) is 17.6. The molecule has 4 nitrogen and oxygen atoms in total. The molecule has 0 fully saturated rings. The largest absolute Gasteiger partial charge is 0.370 e. The van der Waals surface area contributed by atoms with Gasteiger partial charge in [-0.05, 0) is 57.5 Å². The van der Waals surface area contributed by atoms with E-state index in [9.17, 15) is 10.1 Å². The van der Waals surface area contributed by atoms with Gasteiger partial charge < -0.3 is 5.32 Å². The molecule has 5 heteroatoms. The number of thiophene rings is 1. The zero-order chi connectivity index (χ0) is 21.5. The monoisotopic (exact) mass is 413 g/mol. The number of allylic oxidation sites excluding steroid dienone is 1. The predicted octanol–water partition coefficient (Wildman–Crippen LogP) is 5.96. The van der Waals surface area contributed by atoms with Crippen molar-refractivity contribution in [3.05, 3.63) is 81.7 Å². The molecule has 4 rings (SSSR count). The van der Waals surface area contributed by atoms with E-state index in [1.54, 1.807) is 16.2 Å². The molecule has 1 aromatic heterocycles. The van der Waals surface area contributed by atoms with Crippen LogP contribution in [0.4, 0.5) is 5.69 Å². The van der Waals surface area contributed by atoms with E-state index in [4.69, 9.17) is 0 Å². The van der Waals surface area contributed by atoms with Crippen LogP contribution in [0.5, 0.6) is 0 Å². The van der Waals surface area contributed by atoms with Crippen molar-refractivity contribution in [2.24, 2.45) is 0 Å². The number of carbonyl (C=O) groups is 1. The second-order valence-electron chi connectivity index (χ2n) is 8.33. The minimum Gasteiger partial charge on any atom is -0.370 e. The number of nitrogens with zero attached hydrogens (tertiary/aromatic N) is 2. The van der Waals surface area contributed by atoms with Gasteiger partial charge in [-0.1, -0.05) is 36.4 Å². The van der Waals surface area contributed by atoms with Gasteiger partial charge in [0.25, 0.3) is 5.91 Å². The van der Waals surface area contributed by atoms with Gasteiger partial charge in [-0.25, -0.2) is 0 Å². The third kappa shape index (κ3) is 3.51. The zero-order valence-corrected chi connectivity index (χ0v) is 18.3. The second-order valence-corrected chi connectivity index (χ2v) is 9.59. The Morgan fingerprint density at radius 2 is 1.63 bits per heavy atom. The van der Waals surface area contributed by atoms with Crippen molar-refractivity contribution in [2.45, 2.75) is 33.2 Å². The van der Waals surface area contributed by atoms with Gasteiger partial charge in [0.1, 0.15) is 17.5 Å². The van der Waals surface area contributed by atoms with Crippen molar-refractivity contribution in [3.8, 4) is 17.2 Å². The molecule has 0 spiro atoms. The average Bonchev–Trinajstić information content (AvgIpc) is 3.07. The third-order valence-corrected chi connectivity index (χ3v) is 5.86. The van der Waals surface area contributed by atoms with Crippen molar-refractivity contribution in [1.29, 1.82) is 5.26 Å². The highest BCUT2D eigenvalue weighted by Gasteiger charge is 2.35. The lowest BCUT2D eigenvalue weighted by Gasteiger charge is -2.28. The number of hydrogen-bond donors (Lipinski definition) is 1. The van der Waals surface area contributed by atoms with Crippen LogP contribution in [0.3, 0.4) is 0 Å². The molecular weight excluding hydrogens is 390 g/mol. The Morgan fingerprint density at radius 3 is 2.27 bits per heavy atom. The summed E-state index contributed by atoms with van der Waals surface area (Å²) in [5, 5.41) is 13.5. The molecule has 1 aliphatic rings. The highest BCUT2D eigenvalue weighted by molar-refractivity contribution is 7.13. The van der Waals surface area contributed by atoms with Gasteiger partial charge in [-0.3, -0.25) is 9.69 Å². The molecule has 3 aromatic rings. The number of anilines is 1.